The Labute approximate surface area is 179 Å². The first-order valence-corrected chi connectivity index (χ1v) is 9.42. The van der Waals surface area contributed by atoms with Gasteiger partial charge < -0.3 is 34.6 Å². The molecule has 2 heterocycles. The third-order valence-electron chi connectivity index (χ3n) is 4.34. The van der Waals surface area contributed by atoms with Crippen LogP contribution in [0.5, 0.6) is 17.2 Å². The van der Waals surface area contributed by atoms with Crippen LogP contribution in [0, 0.1) is 0 Å². The number of nitrogens with one attached hydrogen (secondary N) is 3. The molecule has 1 amide bonds. The summed E-state index contributed by atoms with van der Waals surface area (Å²) in [5.41, 5.74) is 1.44. The number of amides is 1. The minimum atomic E-state index is -1.16. The van der Waals surface area contributed by atoms with E-state index in [4.69, 9.17) is 14.2 Å². The number of benzene rings is 1. The van der Waals surface area contributed by atoms with Crippen LogP contribution in [0.4, 0.5) is 0 Å². The molecule has 0 saturated heterocycles. The van der Waals surface area contributed by atoms with Crippen molar-refractivity contribution in [1.29, 1.82) is 0 Å². The van der Waals surface area contributed by atoms with Crippen LogP contribution in [0.25, 0.3) is 11.1 Å². The summed E-state index contributed by atoms with van der Waals surface area (Å²) in [6.07, 6.45) is 2.99. The lowest BCUT2D eigenvalue weighted by Crippen LogP contribution is -2.24. The molecule has 0 spiro atoms. The molecular weight excluding hydrogens is 460 g/mol. The van der Waals surface area contributed by atoms with Crippen LogP contribution >= 0.6 is 15.9 Å². The summed E-state index contributed by atoms with van der Waals surface area (Å²) in [5, 5.41) is 12.3. The SMILES string of the molecule is COc1ccc(-c2c(CNC(=O)c3ncc[nH]3)[nH]c(C(=O)O)c2Br)c(OC)c1OC. The van der Waals surface area contributed by atoms with E-state index >= 15 is 0 Å². The van der Waals surface area contributed by atoms with E-state index in [-0.39, 0.29) is 18.1 Å². The lowest BCUT2D eigenvalue weighted by molar-refractivity contribution is 0.0690. The van der Waals surface area contributed by atoms with Crippen molar-refractivity contribution >= 4 is 27.8 Å². The van der Waals surface area contributed by atoms with Crippen molar-refractivity contribution < 1.29 is 28.9 Å². The summed E-state index contributed by atoms with van der Waals surface area (Å²) in [4.78, 5) is 33.4. The molecule has 1 aromatic carbocycles. The van der Waals surface area contributed by atoms with Gasteiger partial charge in [-0.05, 0) is 28.1 Å². The van der Waals surface area contributed by atoms with Crippen molar-refractivity contribution in [1.82, 2.24) is 20.3 Å². The molecule has 158 valence electrons. The monoisotopic (exact) mass is 478 g/mol. The van der Waals surface area contributed by atoms with Crippen molar-refractivity contribution in [3.8, 4) is 28.4 Å². The van der Waals surface area contributed by atoms with Crippen LogP contribution in [0.3, 0.4) is 0 Å². The highest BCUT2D eigenvalue weighted by Crippen LogP contribution is 2.47. The van der Waals surface area contributed by atoms with E-state index in [9.17, 15) is 14.7 Å². The summed E-state index contributed by atoms with van der Waals surface area (Å²) in [5.74, 6) is -0.292. The quantitative estimate of drug-likeness (QED) is 0.390. The van der Waals surface area contributed by atoms with Crippen molar-refractivity contribution in [2.45, 2.75) is 6.54 Å². The van der Waals surface area contributed by atoms with Gasteiger partial charge in [-0.3, -0.25) is 4.79 Å². The summed E-state index contributed by atoms with van der Waals surface area (Å²) in [6, 6.07) is 3.40. The van der Waals surface area contributed by atoms with Crippen molar-refractivity contribution in [2.24, 2.45) is 0 Å². The number of rotatable bonds is 8. The van der Waals surface area contributed by atoms with Gasteiger partial charge in [0.05, 0.1) is 32.3 Å². The zero-order valence-corrected chi connectivity index (χ0v) is 17.9. The van der Waals surface area contributed by atoms with Crippen LogP contribution in [0.1, 0.15) is 26.8 Å². The van der Waals surface area contributed by atoms with E-state index in [2.05, 4.69) is 36.2 Å². The average molecular weight is 479 g/mol. The fourth-order valence-electron chi connectivity index (χ4n) is 3.03. The maximum Gasteiger partial charge on any atom is 0.353 e. The van der Waals surface area contributed by atoms with Gasteiger partial charge in [0.25, 0.3) is 5.91 Å². The van der Waals surface area contributed by atoms with E-state index < -0.39 is 11.9 Å². The number of aromatic amines is 2. The molecule has 3 rings (SSSR count). The molecule has 4 N–H and O–H groups in total. The molecule has 2 aromatic heterocycles. The molecule has 11 heteroatoms. The minimum absolute atomic E-state index is 0.0121. The number of carbonyl (C=O) groups excluding carboxylic acids is 1. The number of aromatic carboxylic acids is 1. The Kier molecular flexibility index (Phi) is 6.31. The number of nitrogens with zero attached hydrogens (tertiary/aromatic N) is 1. The predicted octanol–water partition coefficient (Wildman–Crippen LogP) is 2.82. The number of carboxylic acids is 1. The Morgan fingerprint density at radius 1 is 1.17 bits per heavy atom. The average Bonchev–Trinajstić information content (AvgIpc) is 3.39. The number of H-pyrrole nitrogens is 2. The molecule has 0 saturated carbocycles. The van der Waals surface area contributed by atoms with Gasteiger partial charge in [0, 0.05) is 29.2 Å². The zero-order valence-electron chi connectivity index (χ0n) is 16.3. The Bertz CT molecular complexity index is 1080. The second-order valence-electron chi connectivity index (χ2n) is 5.98. The standard InChI is InChI=1S/C19H19BrN4O6/c1-28-11-5-4-9(15(29-2)16(11)30-3)12-10(24-14(13(12)20)19(26)27)8-23-18(25)17-21-6-7-22-17/h4-7,24H,8H2,1-3H3,(H,21,22)(H,23,25)(H,26,27). The van der Waals surface area contributed by atoms with Crippen LogP contribution < -0.4 is 19.5 Å². The summed E-state index contributed by atoms with van der Waals surface area (Å²) < 4.78 is 16.6. The Morgan fingerprint density at radius 2 is 1.90 bits per heavy atom. The normalized spacial score (nSPS) is 10.5. The number of methoxy groups -OCH3 is 3. The number of hydrogen-bond donors (Lipinski definition) is 4. The number of hydrogen-bond acceptors (Lipinski definition) is 6. The molecule has 0 aliphatic carbocycles. The van der Waals surface area contributed by atoms with Gasteiger partial charge in [0.2, 0.25) is 5.75 Å². The molecule has 0 radical (unpaired) electrons. The Balaban J connectivity index is 2.10. The lowest BCUT2D eigenvalue weighted by Gasteiger charge is -2.16. The van der Waals surface area contributed by atoms with Gasteiger partial charge in [-0.1, -0.05) is 0 Å². The number of carboxylic acid groups (broad SMARTS) is 1. The van der Waals surface area contributed by atoms with E-state index in [1.54, 1.807) is 12.1 Å². The van der Waals surface area contributed by atoms with Gasteiger partial charge in [0.1, 0.15) is 5.69 Å². The molecule has 0 atom stereocenters. The smallest absolute Gasteiger partial charge is 0.353 e. The molecule has 0 unspecified atom stereocenters. The van der Waals surface area contributed by atoms with Gasteiger partial charge in [0.15, 0.2) is 17.3 Å². The number of imidazole rings is 1. The summed E-state index contributed by atoms with van der Waals surface area (Å²) >= 11 is 3.36. The molecule has 10 nitrogen and oxygen atoms in total. The summed E-state index contributed by atoms with van der Waals surface area (Å²) in [6.45, 7) is 0.0121. The maximum absolute atomic E-state index is 12.3. The van der Waals surface area contributed by atoms with E-state index in [1.807, 2.05) is 0 Å². The largest absolute Gasteiger partial charge is 0.493 e. The second-order valence-corrected chi connectivity index (χ2v) is 6.77. The number of carbonyl (C=O) groups is 2. The van der Waals surface area contributed by atoms with Crippen LogP contribution in [0.15, 0.2) is 29.0 Å². The minimum Gasteiger partial charge on any atom is -0.493 e. The highest BCUT2D eigenvalue weighted by atomic mass is 79.9. The first-order valence-electron chi connectivity index (χ1n) is 8.63. The third kappa shape index (κ3) is 3.83. The maximum atomic E-state index is 12.3. The summed E-state index contributed by atoms with van der Waals surface area (Å²) in [7, 11) is 4.45. The highest BCUT2D eigenvalue weighted by Gasteiger charge is 2.26. The van der Waals surface area contributed by atoms with Gasteiger partial charge >= 0.3 is 5.97 Å². The molecule has 0 aliphatic rings. The number of aromatic nitrogens is 3. The van der Waals surface area contributed by atoms with Crippen LogP contribution in [0.2, 0.25) is 0 Å². The Morgan fingerprint density at radius 3 is 2.47 bits per heavy atom. The van der Waals surface area contributed by atoms with E-state index in [0.717, 1.165) is 0 Å². The lowest BCUT2D eigenvalue weighted by atomic mass is 10.0. The van der Waals surface area contributed by atoms with E-state index in [0.29, 0.717) is 38.5 Å². The Hall–Kier alpha value is -3.47. The first-order chi connectivity index (χ1) is 14.4. The van der Waals surface area contributed by atoms with Crippen LogP contribution in [-0.4, -0.2) is 53.3 Å². The number of ether oxygens (including phenoxy) is 3. The molecular formula is C19H19BrN4O6. The van der Waals surface area contributed by atoms with Crippen molar-refractivity contribution in [2.75, 3.05) is 21.3 Å². The van der Waals surface area contributed by atoms with Crippen molar-refractivity contribution in [3.63, 3.8) is 0 Å². The van der Waals surface area contributed by atoms with E-state index in [1.165, 1.54) is 33.7 Å². The van der Waals surface area contributed by atoms with Crippen molar-refractivity contribution in [3.05, 3.63) is 46.2 Å². The van der Waals surface area contributed by atoms with Gasteiger partial charge in [-0.25, -0.2) is 9.78 Å². The fraction of sp³-hybridized carbons (Fsp3) is 0.211. The second kappa shape index (κ2) is 8.91. The van der Waals surface area contributed by atoms with Crippen LogP contribution in [-0.2, 0) is 6.54 Å². The first kappa shape index (κ1) is 21.2. The zero-order chi connectivity index (χ0) is 21.8. The molecule has 0 aliphatic heterocycles. The number of halogens is 1. The molecule has 0 fully saturated rings. The topological polar surface area (TPSA) is 139 Å². The molecule has 3 aromatic rings. The highest BCUT2D eigenvalue weighted by molar-refractivity contribution is 9.10. The molecule has 0 bridgehead atoms. The van der Waals surface area contributed by atoms with Gasteiger partial charge in [-0.15, -0.1) is 0 Å². The predicted molar refractivity (Wildman–Crippen MR) is 110 cm³/mol. The third-order valence-corrected chi connectivity index (χ3v) is 5.14. The van der Waals surface area contributed by atoms with Gasteiger partial charge in [-0.2, -0.15) is 0 Å². The fourth-order valence-corrected chi connectivity index (χ4v) is 3.75. The molecule has 30 heavy (non-hydrogen) atoms.